The van der Waals surface area contributed by atoms with Crippen LogP contribution in [0.25, 0.3) is 0 Å². The zero-order valence-corrected chi connectivity index (χ0v) is 26.6. The lowest BCUT2D eigenvalue weighted by Crippen LogP contribution is -2.17. The van der Waals surface area contributed by atoms with Gasteiger partial charge in [0.05, 0.1) is 50.9 Å². The Morgan fingerprint density at radius 3 is 1.16 bits per heavy atom. The van der Waals surface area contributed by atoms with Crippen molar-refractivity contribution in [2.75, 3.05) is 34.6 Å². The van der Waals surface area contributed by atoms with Crippen molar-refractivity contribution >= 4 is 7.14 Å². The molecule has 0 spiro atoms. The number of hydrogen-bond acceptors (Lipinski definition) is 5. The largest absolute Gasteiger partial charge is 0.496 e. The molecule has 0 saturated carbocycles. The summed E-state index contributed by atoms with van der Waals surface area (Å²) in [5, 5.41) is 0. The molecule has 2 unspecified atom stereocenters. The molecule has 0 saturated heterocycles. The van der Waals surface area contributed by atoms with Crippen LogP contribution in [0, 0.1) is 0 Å². The molecule has 0 N–H and O–H groups in total. The Kier molecular flexibility index (Phi) is 10.1. The van der Waals surface area contributed by atoms with Crippen LogP contribution in [0.3, 0.4) is 0 Å². The van der Waals surface area contributed by atoms with E-state index in [1.807, 2.05) is 115 Å². The van der Waals surface area contributed by atoms with E-state index in [0.29, 0.717) is 35.6 Å². The Bertz CT molecular complexity index is 1540. The van der Waals surface area contributed by atoms with Gasteiger partial charge in [0.1, 0.15) is 30.1 Å². The molecule has 226 valence electrons. The van der Waals surface area contributed by atoms with Crippen molar-refractivity contribution in [1.29, 1.82) is 0 Å². The normalized spacial score (nSPS) is 13.7. The number of benzene rings is 5. The molecule has 5 aromatic carbocycles. The first-order valence-corrected chi connectivity index (χ1v) is 16.7. The fourth-order valence-corrected chi connectivity index (χ4v) is 10.4. The van der Waals surface area contributed by atoms with Crippen molar-refractivity contribution in [2.24, 2.45) is 0 Å². The molecule has 0 aromatic heterocycles. The molecule has 0 heterocycles. The number of rotatable bonds is 13. The predicted octanol–water partition coefficient (Wildman–Crippen LogP) is 9.21. The standard InChI is InChI=1S/C38H39O5P/c1-40-31-22-14-23-32(41-2)35(31)37(29-18-10-6-11-19-29)44(39,27-26-28-16-8-5-9-17-28)38(30-20-12-7-13-21-30)36-33(42-3)24-15-25-34(36)43-4/h5-25,37-38H,26-27H2,1-4H3. The molecule has 6 heteroatoms. The lowest BCUT2D eigenvalue weighted by molar-refractivity contribution is 0.383. The van der Waals surface area contributed by atoms with E-state index in [2.05, 4.69) is 12.1 Å². The van der Waals surface area contributed by atoms with Gasteiger partial charge in [0.25, 0.3) is 0 Å². The van der Waals surface area contributed by atoms with Gasteiger partial charge in [-0.15, -0.1) is 0 Å². The second-order valence-corrected chi connectivity index (χ2v) is 13.8. The smallest absolute Gasteiger partial charge is 0.126 e. The van der Waals surface area contributed by atoms with Gasteiger partial charge in [-0.25, -0.2) is 0 Å². The average molecular weight is 607 g/mol. The highest BCUT2D eigenvalue weighted by molar-refractivity contribution is 7.65. The molecule has 2 atom stereocenters. The Balaban J connectivity index is 1.90. The summed E-state index contributed by atoms with van der Waals surface area (Å²) in [5.74, 6) is 2.49. The van der Waals surface area contributed by atoms with Gasteiger partial charge in [-0.1, -0.05) is 103 Å². The molecule has 0 radical (unpaired) electrons. The van der Waals surface area contributed by atoms with Crippen LogP contribution >= 0.6 is 7.14 Å². The lowest BCUT2D eigenvalue weighted by atomic mass is 10.0. The maximum atomic E-state index is 16.8. The SMILES string of the molecule is COc1cccc(OC)c1C(c1ccccc1)P(=O)(CCc1ccccc1)C(c1ccccc1)c1c(OC)cccc1OC. The zero-order valence-electron chi connectivity index (χ0n) is 25.7. The summed E-state index contributed by atoms with van der Waals surface area (Å²) in [4.78, 5) is 0. The van der Waals surface area contributed by atoms with Crippen molar-refractivity contribution < 1.29 is 23.5 Å². The second kappa shape index (κ2) is 14.3. The van der Waals surface area contributed by atoms with Crippen LogP contribution in [0.15, 0.2) is 127 Å². The van der Waals surface area contributed by atoms with E-state index in [1.165, 1.54) is 0 Å². The minimum absolute atomic E-state index is 0.401. The van der Waals surface area contributed by atoms with E-state index in [-0.39, 0.29) is 0 Å². The Morgan fingerprint density at radius 1 is 0.477 bits per heavy atom. The quantitative estimate of drug-likeness (QED) is 0.125. The molecule has 0 aliphatic carbocycles. The van der Waals surface area contributed by atoms with E-state index < -0.39 is 18.5 Å². The maximum absolute atomic E-state index is 16.8. The van der Waals surface area contributed by atoms with Crippen molar-refractivity contribution in [3.05, 3.63) is 155 Å². The fourth-order valence-electron chi connectivity index (χ4n) is 6.20. The molecule has 0 aliphatic heterocycles. The molecular formula is C38H39O5P. The fraction of sp³-hybridized carbons (Fsp3) is 0.211. The van der Waals surface area contributed by atoms with Gasteiger partial charge in [-0.2, -0.15) is 0 Å². The predicted molar refractivity (Wildman–Crippen MR) is 178 cm³/mol. The minimum atomic E-state index is -3.47. The van der Waals surface area contributed by atoms with Crippen LogP contribution in [0.2, 0.25) is 0 Å². The zero-order chi connectivity index (χ0) is 30.9. The van der Waals surface area contributed by atoms with E-state index >= 15 is 4.57 Å². The van der Waals surface area contributed by atoms with Gasteiger partial charge in [-0.3, -0.25) is 0 Å². The lowest BCUT2D eigenvalue weighted by Gasteiger charge is -2.38. The van der Waals surface area contributed by atoms with Crippen molar-refractivity contribution in [3.8, 4) is 23.0 Å². The number of methoxy groups -OCH3 is 4. The number of hydrogen-bond donors (Lipinski definition) is 0. The summed E-state index contributed by atoms with van der Waals surface area (Å²) in [5.41, 5.74) is 3.30. The molecule has 0 amide bonds. The van der Waals surface area contributed by atoms with Crippen molar-refractivity contribution in [3.63, 3.8) is 0 Å². The number of aryl methyl sites for hydroxylation is 1. The van der Waals surface area contributed by atoms with Crippen LogP contribution in [0.1, 0.15) is 39.1 Å². The van der Waals surface area contributed by atoms with Crippen molar-refractivity contribution in [2.45, 2.75) is 17.7 Å². The molecule has 5 aromatic rings. The van der Waals surface area contributed by atoms with E-state index in [0.717, 1.165) is 27.8 Å². The van der Waals surface area contributed by atoms with Gasteiger partial charge in [-0.05, 0) is 47.4 Å². The highest BCUT2D eigenvalue weighted by Crippen LogP contribution is 2.75. The summed E-state index contributed by atoms with van der Waals surface area (Å²) in [6, 6.07) is 41.8. The first-order valence-electron chi connectivity index (χ1n) is 14.7. The van der Waals surface area contributed by atoms with Gasteiger partial charge in [0.15, 0.2) is 0 Å². The summed E-state index contributed by atoms with van der Waals surface area (Å²) in [6.07, 6.45) is 1.01. The molecule has 0 fully saturated rings. The second-order valence-electron chi connectivity index (χ2n) is 10.6. The van der Waals surface area contributed by atoms with E-state index in [4.69, 9.17) is 18.9 Å². The molecule has 0 aliphatic rings. The van der Waals surface area contributed by atoms with Crippen LogP contribution in [0.4, 0.5) is 0 Å². The van der Waals surface area contributed by atoms with Crippen LogP contribution in [-0.4, -0.2) is 34.6 Å². The van der Waals surface area contributed by atoms with E-state index in [9.17, 15) is 0 Å². The van der Waals surface area contributed by atoms with Crippen molar-refractivity contribution in [1.82, 2.24) is 0 Å². The summed E-state index contributed by atoms with van der Waals surface area (Å²) in [6.45, 7) is 0. The van der Waals surface area contributed by atoms with Crippen LogP contribution in [-0.2, 0) is 11.0 Å². The third-order valence-corrected chi connectivity index (χ3v) is 12.0. The first kappa shape index (κ1) is 31.0. The third-order valence-electron chi connectivity index (χ3n) is 8.18. The highest BCUT2D eigenvalue weighted by atomic mass is 31.2. The van der Waals surface area contributed by atoms with Gasteiger partial charge in [0.2, 0.25) is 0 Å². The minimum Gasteiger partial charge on any atom is -0.496 e. The topological polar surface area (TPSA) is 54.0 Å². The van der Waals surface area contributed by atoms with E-state index in [1.54, 1.807) is 28.4 Å². The molecule has 5 nitrogen and oxygen atoms in total. The molecule has 44 heavy (non-hydrogen) atoms. The monoisotopic (exact) mass is 606 g/mol. The average Bonchev–Trinajstić information content (AvgIpc) is 3.09. The molecule has 0 bridgehead atoms. The Hall–Kier alpha value is -4.47. The summed E-state index contributed by atoms with van der Waals surface area (Å²) < 4.78 is 40.8. The van der Waals surface area contributed by atoms with Crippen LogP contribution < -0.4 is 18.9 Å². The molecular weight excluding hydrogens is 567 g/mol. The Morgan fingerprint density at radius 2 is 0.818 bits per heavy atom. The van der Waals surface area contributed by atoms with Gasteiger partial charge >= 0.3 is 0 Å². The van der Waals surface area contributed by atoms with Gasteiger partial charge in [0, 0.05) is 6.16 Å². The van der Waals surface area contributed by atoms with Crippen LogP contribution in [0.5, 0.6) is 23.0 Å². The third kappa shape index (κ3) is 6.25. The first-order chi connectivity index (χ1) is 21.5. The summed E-state index contributed by atoms with van der Waals surface area (Å²) in [7, 11) is 3.11. The highest BCUT2D eigenvalue weighted by Gasteiger charge is 2.47. The van der Waals surface area contributed by atoms with Gasteiger partial charge < -0.3 is 23.5 Å². The maximum Gasteiger partial charge on any atom is 0.126 e. The number of ether oxygens (including phenoxy) is 4. The Labute approximate surface area is 260 Å². The molecule has 5 rings (SSSR count). The summed E-state index contributed by atoms with van der Waals surface area (Å²) >= 11 is 0.